The Labute approximate surface area is 143 Å². The maximum absolute atomic E-state index is 13.4. The number of likely N-dealkylation sites (tertiary alicyclic amines) is 1. The van der Waals surface area contributed by atoms with E-state index in [1.807, 2.05) is 29.7 Å². The number of carbonyl (C=O) groups excluding carboxylic acids is 1. The van der Waals surface area contributed by atoms with Crippen molar-refractivity contribution in [2.45, 2.75) is 59.9 Å². The third-order valence-electron chi connectivity index (χ3n) is 5.83. The normalized spacial score (nSPS) is 28.5. The Balaban J connectivity index is 1.74. The van der Waals surface area contributed by atoms with E-state index in [-0.39, 0.29) is 11.3 Å². The minimum absolute atomic E-state index is 0.148. The molecule has 128 valence electrons. The third kappa shape index (κ3) is 2.35. The van der Waals surface area contributed by atoms with E-state index in [1.165, 1.54) is 6.42 Å². The van der Waals surface area contributed by atoms with E-state index < -0.39 is 0 Å². The fourth-order valence-electron chi connectivity index (χ4n) is 5.36. The van der Waals surface area contributed by atoms with Crippen molar-refractivity contribution in [2.75, 3.05) is 6.54 Å². The van der Waals surface area contributed by atoms with Gasteiger partial charge in [0.15, 0.2) is 0 Å². The second-order valence-electron chi connectivity index (χ2n) is 9.12. The summed E-state index contributed by atoms with van der Waals surface area (Å²) in [6.45, 7) is 11.9. The Morgan fingerprint density at radius 1 is 1.25 bits per heavy atom. The fraction of sp³-hybridized carbons (Fsp3) is 0.600. The Hall–Kier alpha value is -1.84. The molecule has 0 aromatic carbocycles. The average molecular weight is 325 g/mol. The molecule has 1 aliphatic carbocycles. The molecule has 0 spiro atoms. The molecule has 1 saturated heterocycles. The quantitative estimate of drug-likeness (QED) is 0.795. The maximum Gasteiger partial charge on any atom is 0.273 e. The van der Waals surface area contributed by atoms with E-state index in [0.717, 1.165) is 42.0 Å². The molecule has 0 N–H and O–H groups in total. The number of amides is 1. The fourth-order valence-corrected chi connectivity index (χ4v) is 5.36. The lowest BCUT2D eigenvalue weighted by Crippen LogP contribution is -2.38. The predicted molar refractivity (Wildman–Crippen MR) is 95.2 cm³/mol. The SMILES string of the molecule is Cc1ccn2c(C(=O)N3CC4(C)CC3CC(C)(C)C4)c(C)nc2c1. The summed E-state index contributed by atoms with van der Waals surface area (Å²) in [7, 11) is 0. The first-order valence-corrected chi connectivity index (χ1v) is 8.94. The first-order chi connectivity index (χ1) is 11.2. The van der Waals surface area contributed by atoms with Crippen LogP contribution in [0.5, 0.6) is 0 Å². The van der Waals surface area contributed by atoms with E-state index in [0.29, 0.717) is 11.5 Å². The lowest BCUT2D eigenvalue weighted by molar-refractivity contribution is 0.0700. The zero-order chi connectivity index (χ0) is 17.3. The summed E-state index contributed by atoms with van der Waals surface area (Å²) in [5.74, 6) is 0.148. The molecule has 2 unspecified atom stereocenters. The highest BCUT2D eigenvalue weighted by Gasteiger charge is 2.51. The van der Waals surface area contributed by atoms with Crippen LogP contribution in [-0.4, -0.2) is 32.8 Å². The summed E-state index contributed by atoms with van der Waals surface area (Å²) >= 11 is 0. The summed E-state index contributed by atoms with van der Waals surface area (Å²) in [5.41, 5.74) is 4.17. The number of fused-ring (bicyclic) bond motifs is 3. The molecule has 3 heterocycles. The molecule has 2 atom stereocenters. The molecule has 2 aromatic heterocycles. The molecule has 1 aliphatic heterocycles. The third-order valence-corrected chi connectivity index (χ3v) is 5.83. The number of carbonyl (C=O) groups is 1. The summed E-state index contributed by atoms with van der Waals surface area (Å²) in [6.07, 6.45) is 5.41. The van der Waals surface area contributed by atoms with Gasteiger partial charge in [-0.05, 0) is 61.6 Å². The number of rotatable bonds is 1. The number of nitrogens with zero attached hydrogens (tertiary/aromatic N) is 3. The molecule has 1 saturated carbocycles. The van der Waals surface area contributed by atoms with Gasteiger partial charge in [0.2, 0.25) is 0 Å². The van der Waals surface area contributed by atoms with Crippen molar-refractivity contribution in [3.8, 4) is 0 Å². The maximum atomic E-state index is 13.4. The topological polar surface area (TPSA) is 37.6 Å². The first-order valence-electron chi connectivity index (χ1n) is 8.94. The molecule has 24 heavy (non-hydrogen) atoms. The van der Waals surface area contributed by atoms with Crippen LogP contribution < -0.4 is 0 Å². The molecule has 2 fully saturated rings. The lowest BCUT2D eigenvalue weighted by atomic mass is 9.65. The van der Waals surface area contributed by atoms with E-state index >= 15 is 0 Å². The zero-order valence-electron chi connectivity index (χ0n) is 15.4. The van der Waals surface area contributed by atoms with Crippen LogP contribution in [-0.2, 0) is 0 Å². The standard InChI is InChI=1S/C20H27N3O/c1-13-6-7-22-16(8-13)21-14(2)17(22)18(24)23-12-20(5)10-15(23)9-19(3,4)11-20/h6-8,15H,9-12H2,1-5H3. The molecule has 4 heteroatoms. The zero-order valence-corrected chi connectivity index (χ0v) is 15.4. The molecule has 2 aliphatic rings. The van der Waals surface area contributed by atoms with Crippen molar-refractivity contribution >= 4 is 11.6 Å². The minimum Gasteiger partial charge on any atom is -0.334 e. The monoisotopic (exact) mass is 325 g/mol. The Morgan fingerprint density at radius 3 is 2.75 bits per heavy atom. The number of aryl methyl sites for hydroxylation is 2. The molecular weight excluding hydrogens is 298 g/mol. The molecular formula is C20H27N3O. The van der Waals surface area contributed by atoms with Crippen molar-refractivity contribution in [1.29, 1.82) is 0 Å². The van der Waals surface area contributed by atoms with Gasteiger partial charge in [-0.2, -0.15) is 0 Å². The number of imidazole rings is 1. The van der Waals surface area contributed by atoms with Crippen molar-refractivity contribution in [1.82, 2.24) is 14.3 Å². The van der Waals surface area contributed by atoms with Gasteiger partial charge in [0.05, 0.1) is 5.69 Å². The summed E-state index contributed by atoms with van der Waals surface area (Å²) < 4.78 is 1.96. The second-order valence-corrected chi connectivity index (χ2v) is 9.12. The molecule has 4 rings (SSSR count). The van der Waals surface area contributed by atoms with Crippen LogP contribution in [0.4, 0.5) is 0 Å². The van der Waals surface area contributed by atoms with Crippen molar-refractivity contribution in [3.63, 3.8) is 0 Å². The summed E-state index contributed by atoms with van der Waals surface area (Å²) in [5, 5.41) is 0. The van der Waals surface area contributed by atoms with Gasteiger partial charge in [-0.3, -0.25) is 9.20 Å². The highest BCUT2D eigenvalue weighted by Crippen LogP contribution is 2.52. The van der Waals surface area contributed by atoms with Crippen LogP contribution in [0.1, 0.15) is 61.8 Å². The molecule has 2 aromatic rings. The van der Waals surface area contributed by atoms with Gasteiger partial charge >= 0.3 is 0 Å². The Kier molecular flexibility index (Phi) is 3.16. The number of hydrogen-bond acceptors (Lipinski definition) is 2. The van der Waals surface area contributed by atoms with Crippen molar-refractivity contribution in [2.24, 2.45) is 10.8 Å². The van der Waals surface area contributed by atoms with Crippen LogP contribution in [0, 0.1) is 24.7 Å². The Bertz CT molecular complexity index is 835. The minimum atomic E-state index is 0.148. The molecule has 0 radical (unpaired) electrons. The molecule has 2 bridgehead atoms. The van der Waals surface area contributed by atoms with Crippen molar-refractivity contribution < 1.29 is 4.79 Å². The lowest BCUT2D eigenvalue weighted by Gasteiger charge is -2.39. The number of pyridine rings is 1. The van der Waals surface area contributed by atoms with Gasteiger partial charge in [-0.25, -0.2) is 4.98 Å². The van der Waals surface area contributed by atoms with Gasteiger partial charge in [-0.15, -0.1) is 0 Å². The summed E-state index contributed by atoms with van der Waals surface area (Å²) in [6, 6.07) is 4.44. The van der Waals surface area contributed by atoms with Gasteiger partial charge in [-0.1, -0.05) is 20.8 Å². The van der Waals surface area contributed by atoms with E-state index in [9.17, 15) is 4.79 Å². The van der Waals surface area contributed by atoms with Crippen LogP contribution >= 0.6 is 0 Å². The van der Waals surface area contributed by atoms with Crippen molar-refractivity contribution in [3.05, 3.63) is 35.3 Å². The van der Waals surface area contributed by atoms with E-state index in [2.05, 4.69) is 37.6 Å². The van der Waals surface area contributed by atoms with E-state index in [4.69, 9.17) is 0 Å². The largest absolute Gasteiger partial charge is 0.334 e. The van der Waals surface area contributed by atoms with Crippen LogP contribution in [0.25, 0.3) is 5.65 Å². The molecule has 1 amide bonds. The van der Waals surface area contributed by atoms with Crippen LogP contribution in [0.3, 0.4) is 0 Å². The smallest absolute Gasteiger partial charge is 0.273 e. The van der Waals surface area contributed by atoms with E-state index in [1.54, 1.807) is 0 Å². The summed E-state index contributed by atoms with van der Waals surface area (Å²) in [4.78, 5) is 20.1. The van der Waals surface area contributed by atoms with Gasteiger partial charge in [0.1, 0.15) is 11.3 Å². The Morgan fingerprint density at radius 2 is 2.00 bits per heavy atom. The van der Waals surface area contributed by atoms with Gasteiger partial charge in [0, 0.05) is 18.8 Å². The highest BCUT2D eigenvalue weighted by molar-refractivity contribution is 5.95. The second kappa shape index (κ2) is 4.84. The number of hydrogen-bond donors (Lipinski definition) is 0. The van der Waals surface area contributed by atoms with Crippen LogP contribution in [0.2, 0.25) is 0 Å². The first kappa shape index (κ1) is 15.7. The van der Waals surface area contributed by atoms with Gasteiger partial charge < -0.3 is 4.90 Å². The van der Waals surface area contributed by atoms with Crippen LogP contribution in [0.15, 0.2) is 18.3 Å². The predicted octanol–water partition coefficient (Wildman–Crippen LogP) is 3.99. The highest BCUT2D eigenvalue weighted by atomic mass is 16.2. The number of aromatic nitrogens is 2. The van der Waals surface area contributed by atoms with Gasteiger partial charge in [0.25, 0.3) is 5.91 Å². The molecule has 4 nitrogen and oxygen atoms in total. The average Bonchev–Trinajstić information content (AvgIpc) is 2.89.